The maximum atomic E-state index is 13.4. The number of carbonyl (C=O) groups is 2. The molecule has 1 aliphatic heterocycles. The number of fused-ring (bicyclic) bond motifs is 1. The summed E-state index contributed by atoms with van der Waals surface area (Å²) in [4.78, 5) is 30.1. The third kappa shape index (κ3) is 4.36. The summed E-state index contributed by atoms with van der Waals surface area (Å²) < 4.78 is 66.1. The molecule has 0 fully saturated rings. The topological polar surface area (TPSA) is 79.3 Å². The summed E-state index contributed by atoms with van der Waals surface area (Å²) in [5.41, 5.74) is 0.0752. The van der Waals surface area contributed by atoms with Gasteiger partial charge in [0.25, 0.3) is 5.91 Å². The Morgan fingerprint density at radius 1 is 1.23 bits per heavy atom. The maximum Gasteiger partial charge on any atom is 0.408 e. The van der Waals surface area contributed by atoms with Crippen LogP contribution in [0.5, 0.6) is 0 Å². The van der Waals surface area contributed by atoms with Gasteiger partial charge >= 0.3 is 12.2 Å². The first-order chi connectivity index (χ1) is 14.0. The maximum absolute atomic E-state index is 13.4. The Kier molecular flexibility index (Phi) is 5.68. The van der Waals surface area contributed by atoms with Crippen LogP contribution in [0.2, 0.25) is 0 Å². The first-order valence-electron chi connectivity index (χ1n) is 8.91. The van der Waals surface area contributed by atoms with Gasteiger partial charge in [-0.25, -0.2) is 18.6 Å². The van der Waals surface area contributed by atoms with Crippen molar-refractivity contribution in [1.82, 2.24) is 19.8 Å². The zero-order chi connectivity index (χ0) is 22.2. The van der Waals surface area contributed by atoms with E-state index in [0.29, 0.717) is 0 Å². The summed E-state index contributed by atoms with van der Waals surface area (Å²) in [6.45, 7) is 2.67. The van der Waals surface area contributed by atoms with Gasteiger partial charge in [-0.05, 0) is 26.0 Å². The minimum atomic E-state index is -4.61. The zero-order valence-corrected chi connectivity index (χ0v) is 15.9. The monoisotopic (exact) mass is 431 g/mol. The van der Waals surface area contributed by atoms with Gasteiger partial charge in [0.15, 0.2) is 17.3 Å². The second-order valence-electron chi connectivity index (χ2n) is 6.96. The fourth-order valence-corrected chi connectivity index (χ4v) is 3.01. The van der Waals surface area contributed by atoms with E-state index < -0.39 is 35.8 Å². The van der Waals surface area contributed by atoms with E-state index in [0.717, 1.165) is 19.1 Å². The van der Waals surface area contributed by atoms with Crippen LogP contribution in [0.3, 0.4) is 0 Å². The van der Waals surface area contributed by atoms with E-state index in [1.165, 1.54) is 17.3 Å². The molecule has 30 heavy (non-hydrogen) atoms. The lowest BCUT2D eigenvalue weighted by molar-refractivity contribution is -0.149. The highest BCUT2D eigenvalue weighted by molar-refractivity contribution is 5.94. The van der Waals surface area contributed by atoms with Crippen molar-refractivity contribution in [2.45, 2.75) is 45.2 Å². The number of urea groups is 1. The number of carbonyl (C=O) groups excluding carboxylic acids is 2. The van der Waals surface area contributed by atoms with Crippen LogP contribution in [-0.2, 0) is 13.1 Å². The van der Waals surface area contributed by atoms with Crippen molar-refractivity contribution in [3.05, 3.63) is 47.5 Å². The first kappa shape index (κ1) is 21.5. The molecule has 2 heterocycles. The average molecular weight is 431 g/mol. The number of anilines is 1. The molecule has 162 valence electrons. The van der Waals surface area contributed by atoms with Crippen LogP contribution in [0.4, 0.5) is 32.4 Å². The molecule has 0 bridgehead atoms. The molecule has 2 aromatic rings. The molecule has 0 radical (unpaired) electrons. The van der Waals surface area contributed by atoms with Crippen molar-refractivity contribution in [2.24, 2.45) is 0 Å². The van der Waals surface area contributed by atoms with Crippen molar-refractivity contribution in [3.63, 3.8) is 0 Å². The van der Waals surface area contributed by atoms with Crippen LogP contribution >= 0.6 is 0 Å². The van der Waals surface area contributed by atoms with Gasteiger partial charge in [0.1, 0.15) is 6.04 Å². The van der Waals surface area contributed by atoms with Gasteiger partial charge in [0.2, 0.25) is 0 Å². The van der Waals surface area contributed by atoms with Gasteiger partial charge in [-0.1, -0.05) is 0 Å². The van der Waals surface area contributed by atoms with Gasteiger partial charge < -0.3 is 20.1 Å². The van der Waals surface area contributed by atoms with E-state index in [-0.39, 0.29) is 36.2 Å². The van der Waals surface area contributed by atoms with Crippen molar-refractivity contribution < 1.29 is 31.5 Å². The van der Waals surface area contributed by atoms with Crippen molar-refractivity contribution in [3.8, 4) is 0 Å². The third-order valence-electron chi connectivity index (χ3n) is 4.74. The Hall–Kier alpha value is -3.18. The Morgan fingerprint density at radius 3 is 2.57 bits per heavy atom. The van der Waals surface area contributed by atoms with Crippen molar-refractivity contribution in [2.75, 3.05) is 5.32 Å². The molecular formula is C18H18F5N5O2. The van der Waals surface area contributed by atoms with Gasteiger partial charge in [0, 0.05) is 24.3 Å². The number of rotatable bonds is 3. The smallest absolute Gasteiger partial charge is 0.339 e. The molecule has 1 unspecified atom stereocenters. The Bertz CT molecular complexity index is 974. The van der Waals surface area contributed by atoms with E-state index in [2.05, 4.69) is 10.3 Å². The summed E-state index contributed by atoms with van der Waals surface area (Å²) in [6, 6.07) is -0.199. The van der Waals surface area contributed by atoms with Gasteiger partial charge in [-0.15, -0.1) is 0 Å². The van der Waals surface area contributed by atoms with E-state index >= 15 is 0 Å². The number of nitrogens with zero attached hydrogens (tertiary/aromatic N) is 3. The molecule has 0 aliphatic carbocycles. The standard InChI is InChI=1S/C18H18F5N5O2/c1-9-6-27-8-24-15(16(29)25-10(2)18(21,22)23)14(27)7-28(9)17(30)26-11-3-4-12(19)13(20)5-11/h3-5,8-10H,6-7H2,1-2H3,(H,25,29)(H,26,30)/t9-,10?/m0/s1. The lowest BCUT2D eigenvalue weighted by atomic mass is 10.1. The number of aromatic nitrogens is 2. The summed E-state index contributed by atoms with van der Waals surface area (Å²) in [5, 5.41) is 4.28. The third-order valence-corrected chi connectivity index (χ3v) is 4.74. The van der Waals surface area contributed by atoms with Crippen LogP contribution in [0.1, 0.15) is 30.0 Å². The van der Waals surface area contributed by atoms with Crippen molar-refractivity contribution in [1.29, 1.82) is 0 Å². The van der Waals surface area contributed by atoms with Crippen LogP contribution < -0.4 is 10.6 Å². The largest absolute Gasteiger partial charge is 0.408 e. The summed E-state index contributed by atoms with van der Waals surface area (Å²) in [7, 11) is 0. The number of hydrogen-bond acceptors (Lipinski definition) is 3. The number of hydrogen-bond donors (Lipinski definition) is 2. The predicted molar refractivity (Wildman–Crippen MR) is 95.6 cm³/mol. The van der Waals surface area contributed by atoms with Crippen LogP contribution in [-0.4, -0.2) is 44.6 Å². The fraction of sp³-hybridized carbons (Fsp3) is 0.389. The molecule has 1 aromatic heterocycles. The Balaban J connectivity index is 1.77. The normalized spacial score (nSPS) is 17.3. The fourth-order valence-electron chi connectivity index (χ4n) is 3.01. The molecular weight excluding hydrogens is 413 g/mol. The van der Waals surface area contributed by atoms with E-state index in [1.807, 2.05) is 5.32 Å². The zero-order valence-electron chi connectivity index (χ0n) is 15.9. The molecule has 0 saturated heterocycles. The molecule has 0 spiro atoms. The number of alkyl halides is 3. The Morgan fingerprint density at radius 2 is 1.93 bits per heavy atom. The molecule has 2 N–H and O–H groups in total. The van der Waals surface area contributed by atoms with Crippen molar-refractivity contribution >= 4 is 17.6 Å². The molecule has 3 rings (SSSR count). The van der Waals surface area contributed by atoms with Crippen LogP contribution in [0, 0.1) is 11.6 Å². The summed E-state index contributed by atoms with van der Waals surface area (Å²) >= 11 is 0. The number of imidazole rings is 1. The van der Waals surface area contributed by atoms with Gasteiger partial charge in [-0.2, -0.15) is 13.2 Å². The quantitative estimate of drug-likeness (QED) is 0.733. The molecule has 1 aliphatic rings. The highest BCUT2D eigenvalue weighted by atomic mass is 19.4. The molecule has 1 aromatic carbocycles. The predicted octanol–water partition coefficient (Wildman–Crippen LogP) is 3.28. The molecule has 3 amide bonds. The average Bonchev–Trinajstić information content (AvgIpc) is 3.05. The summed E-state index contributed by atoms with van der Waals surface area (Å²) in [6.07, 6.45) is -3.29. The lowest BCUT2D eigenvalue weighted by Gasteiger charge is -2.34. The second kappa shape index (κ2) is 7.92. The minimum absolute atomic E-state index is 0.0298. The van der Waals surface area contributed by atoms with Gasteiger partial charge in [0.05, 0.1) is 18.6 Å². The minimum Gasteiger partial charge on any atom is -0.339 e. The second-order valence-corrected chi connectivity index (χ2v) is 6.96. The number of nitrogens with one attached hydrogen (secondary N) is 2. The Labute approximate surface area is 167 Å². The molecule has 12 heteroatoms. The summed E-state index contributed by atoms with van der Waals surface area (Å²) in [5.74, 6) is -3.20. The highest BCUT2D eigenvalue weighted by Crippen LogP contribution is 2.24. The number of benzene rings is 1. The molecule has 7 nitrogen and oxygen atoms in total. The van der Waals surface area contributed by atoms with E-state index in [4.69, 9.17) is 0 Å². The van der Waals surface area contributed by atoms with E-state index in [1.54, 1.807) is 11.5 Å². The van der Waals surface area contributed by atoms with Gasteiger partial charge in [-0.3, -0.25) is 4.79 Å². The number of amides is 3. The highest BCUT2D eigenvalue weighted by Gasteiger charge is 2.38. The lowest BCUT2D eigenvalue weighted by Crippen LogP contribution is -2.47. The van der Waals surface area contributed by atoms with Crippen LogP contribution in [0.25, 0.3) is 0 Å². The molecule has 2 atom stereocenters. The first-order valence-corrected chi connectivity index (χ1v) is 8.91. The van der Waals surface area contributed by atoms with Crippen LogP contribution in [0.15, 0.2) is 24.5 Å². The number of halogens is 5. The SMILES string of the molecule is CC(NC(=O)c1ncn2c1CN(C(=O)Nc1ccc(F)c(F)c1)[C@@H](C)C2)C(F)(F)F. The molecule has 0 saturated carbocycles. The van der Waals surface area contributed by atoms with E-state index in [9.17, 15) is 31.5 Å².